The van der Waals surface area contributed by atoms with Crippen LogP contribution in [0.15, 0.2) is 12.4 Å². The van der Waals surface area contributed by atoms with Crippen LogP contribution in [-0.2, 0) is 0 Å². The van der Waals surface area contributed by atoms with Crippen molar-refractivity contribution in [2.24, 2.45) is 0 Å². The normalized spacial score (nSPS) is 12.9. The predicted molar refractivity (Wildman–Crippen MR) is 60.3 cm³/mol. The van der Waals surface area contributed by atoms with E-state index in [4.69, 9.17) is 10.1 Å². The molecule has 16 heavy (non-hydrogen) atoms. The number of halogens is 1. The van der Waals surface area contributed by atoms with Crippen molar-refractivity contribution in [3.8, 4) is 0 Å². The minimum absolute atomic E-state index is 0. The van der Waals surface area contributed by atoms with E-state index in [2.05, 4.69) is 36.2 Å². The van der Waals surface area contributed by atoms with Crippen molar-refractivity contribution in [1.82, 2.24) is 9.80 Å². The molecule has 0 radical (unpaired) electrons. The molecule has 0 bridgehead atoms. The van der Waals surface area contributed by atoms with E-state index in [9.17, 15) is 0 Å². The average molecular weight is 251 g/mol. The topological polar surface area (TPSA) is 60.6 Å². The van der Waals surface area contributed by atoms with E-state index < -0.39 is 0 Å². The minimum Gasteiger partial charge on any atom is -1.00 e. The Morgan fingerprint density at radius 1 is 1.31 bits per heavy atom. The Balaban J connectivity index is 0. The summed E-state index contributed by atoms with van der Waals surface area (Å²) in [7, 11) is 2.11. The van der Waals surface area contributed by atoms with Crippen LogP contribution in [0.3, 0.4) is 0 Å². The summed E-state index contributed by atoms with van der Waals surface area (Å²) in [5.74, 6) is 0. The fraction of sp³-hybridized carbons (Fsp3) is 0.800. The highest BCUT2D eigenvalue weighted by atomic mass is 35.5. The third kappa shape index (κ3) is 9.58. The van der Waals surface area contributed by atoms with Gasteiger partial charge >= 0.3 is 0 Å². The van der Waals surface area contributed by atoms with Gasteiger partial charge in [-0.2, -0.15) is 0 Å². The highest BCUT2D eigenvalue weighted by Gasteiger charge is 2.06. The smallest absolute Gasteiger partial charge is 0.0890 e. The lowest BCUT2D eigenvalue weighted by Gasteiger charge is -2.17. The Bertz CT molecular complexity index is 191. The summed E-state index contributed by atoms with van der Waals surface area (Å²) in [5, 5.41) is 8.38. The van der Waals surface area contributed by atoms with Gasteiger partial charge in [0, 0.05) is 31.3 Å². The van der Waals surface area contributed by atoms with Crippen molar-refractivity contribution >= 4 is 0 Å². The van der Waals surface area contributed by atoms with Crippen LogP contribution in [-0.4, -0.2) is 30.1 Å². The Hall–Kier alpha value is -0.970. The van der Waals surface area contributed by atoms with Gasteiger partial charge in [-0.05, 0) is 6.42 Å². The minimum atomic E-state index is 0. The molecular weight excluding hydrogens is 230 g/mol. The molecular formula is C10H21ClN3O2-. The SMILES string of the molecule is CCCCCCN1C=CN(C)C1.O=[NH+][O-].[Cl-]. The summed E-state index contributed by atoms with van der Waals surface area (Å²) in [5.41, 5.74) is 0. The number of nitrogens with zero attached hydrogens (tertiary/aromatic N) is 2. The molecule has 0 fully saturated rings. The van der Waals surface area contributed by atoms with E-state index >= 15 is 0 Å². The second kappa shape index (κ2) is 12.1. The first-order valence-corrected chi connectivity index (χ1v) is 5.36. The van der Waals surface area contributed by atoms with Gasteiger partial charge in [-0.1, -0.05) is 26.2 Å². The molecule has 0 aromatic heterocycles. The average Bonchev–Trinajstić information content (AvgIpc) is 2.60. The highest BCUT2D eigenvalue weighted by Crippen LogP contribution is 2.06. The van der Waals surface area contributed by atoms with Gasteiger partial charge in [0.1, 0.15) is 0 Å². The molecule has 1 N–H and O–H groups in total. The third-order valence-electron chi connectivity index (χ3n) is 2.24. The Morgan fingerprint density at radius 3 is 2.38 bits per heavy atom. The number of hydrogen-bond acceptors (Lipinski definition) is 4. The molecule has 1 rings (SSSR count). The molecule has 1 aliphatic heterocycles. The Kier molecular flexibility index (Phi) is 13.2. The largest absolute Gasteiger partial charge is 1.00 e. The Labute approximate surface area is 103 Å². The van der Waals surface area contributed by atoms with Gasteiger partial charge in [0.2, 0.25) is 0 Å². The summed E-state index contributed by atoms with van der Waals surface area (Å²) in [4.78, 5) is 12.7. The lowest BCUT2D eigenvalue weighted by Crippen LogP contribution is -3.00. The molecule has 0 saturated heterocycles. The van der Waals surface area contributed by atoms with Crippen LogP contribution in [0.5, 0.6) is 0 Å². The maximum atomic E-state index is 8.12. The van der Waals surface area contributed by atoms with Crippen molar-refractivity contribution in [3.05, 3.63) is 22.5 Å². The van der Waals surface area contributed by atoms with E-state index in [-0.39, 0.29) is 17.7 Å². The van der Waals surface area contributed by atoms with Crippen LogP contribution in [0, 0.1) is 10.1 Å². The monoisotopic (exact) mass is 250 g/mol. The number of nitrogens with one attached hydrogen (secondary N) is 1. The van der Waals surface area contributed by atoms with Crippen molar-refractivity contribution in [2.45, 2.75) is 32.6 Å². The van der Waals surface area contributed by atoms with E-state index in [0.29, 0.717) is 0 Å². The zero-order valence-corrected chi connectivity index (χ0v) is 10.7. The van der Waals surface area contributed by atoms with Gasteiger partial charge in [0.25, 0.3) is 0 Å². The van der Waals surface area contributed by atoms with Gasteiger partial charge in [-0.15, -0.1) is 0 Å². The molecule has 0 amide bonds. The summed E-state index contributed by atoms with van der Waals surface area (Å²) in [6.45, 7) is 4.55. The van der Waals surface area contributed by atoms with Gasteiger partial charge in [0.05, 0.1) is 6.67 Å². The summed E-state index contributed by atoms with van der Waals surface area (Å²) < 4.78 is 0. The van der Waals surface area contributed by atoms with E-state index in [1.54, 1.807) is 0 Å². The first-order chi connectivity index (χ1) is 7.24. The summed E-state index contributed by atoms with van der Waals surface area (Å²) in [6.07, 6.45) is 9.76. The Morgan fingerprint density at radius 2 is 1.94 bits per heavy atom. The van der Waals surface area contributed by atoms with Crippen LogP contribution in [0.2, 0.25) is 0 Å². The van der Waals surface area contributed by atoms with Crippen LogP contribution in [0.4, 0.5) is 0 Å². The first-order valence-electron chi connectivity index (χ1n) is 5.36. The molecule has 0 aliphatic carbocycles. The quantitative estimate of drug-likeness (QED) is 0.335. The summed E-state index contributed by atoms with van der Waals surface area (Å²) in [6, 6.07) is 0. The van der Waals surface area contributed by atoms with Crippen LogP contribution in [0.25, 0.3) is 0 Å². The standard InChI is InChI=1S/C10H20N2.ClH.HNO2/c1-3-4-5-6-7-12-9-8-11(2)10-12;;2-1-3/h8-9H,3-7,10H2,1-2H3;1H;1H/p-1. The molecule has 1 aliphatic rings. The molecule has 0 unspecified atom stereocenters. The molecule has 6 heteroatoms. The molecule has 5 nitrogen and oxygen atoms in total. The van der Waals surface area contributed by atoms with Gasteiger partial charge < -0.3 is 22.2 Å². The maximum Gasteiger partial charge on any atom is 0.0890 e. The van der Waals surface area contributed by atoms with E-state index in [1.165, 1.54) is 32.2 Å². The molecule has 0 atom stereocenters. The molecule has 96 valence electrons. The predicted octanol–water partition coefficient (Wildman–Crippen LogP) is -2.42. The van der Waals surface area contributed by atoms with Crippen LogP contribution >= 0.6 is 0 Å². The fourth-order valence-electron chi connectivity index (χ4n) is 1.48. The van der Waals surface area contributed by atoms with Crippen LogP contribution in [0.1, 0.15) is 32.6 Å². The van der Waals surface area contributed by atoms with E-state index in [1.807, 2.05) is 0 Å². The fourth-order valence-corrected chi connectivity index (χ4v) is 1.48. The zero-order valence-electron chi connectivity index (χ0n) is 9.99. The summed E-state index contributed by atoms with van der Waals surface area (Å²) >= 11 is 0. The number of hydrogen-bond donors (Lipinski definition) is 1. The molecule has 0 saturated carbocycles. The van der Waals surface area contributed by atoms with Crippen molar-refractivity contribution in [3.63, 3.8) is 0 Å². The first kappa shape index (κ1) is 17.4. The van der Waals surface area contributed by atoms with Gasteiger partial charge in [-0.3, -0.25) is 10.1 Å². The highest BCUT2D eigenvalue weighted by molar-refractivity contribution is 4.88. The number of unbranched alkanes of at least 4 members (excludes halogenated alkanes) is 3. The number of rotatable bonds is 5. The van der Waals surface area contributed by atoms with Crippen LogP contribution < -0.4 is 17.7 Å². The van der Waals surface area contributed by atoms with Gasteiger partial charge in [0.15, 0.2) is 0 Å². The lowest BCUT2D eigenvalue weighted by molar-refractivity contribution is -0.398. The second-order valence-corrected chi connectivity index (χ2v) is 3.65. The molecule has 0 aromatic rings. The molecule has 0 aromatic carbocycles. The molecule has 1 heterocycles. The van der Waals surface area contributed by atoms with E-state index in [0.717, 1.165) is 6.67 Å². The third-order valence-corrected chi connectivity index (χ3v) is 2.24. The van der Waals surface area contributed by atoms with Crippen molar-refractivity contribution in [2.75, 3.05) is 20.3 Å². The van der Waals surface area contributed by atoms with Crippen molar-refractivity contribution < 1.29 is 17.7 Å². The van der Waals surface area contributed by atoms with Gasteiger partial charge in [-0.25, -0.2) is 0 Å². The molecule has 0 spiro atoms. The second-order valence-electron chi connectivity index (χ2n) is 3.65. The maximum absolute atomic E-state index is 8.12. The lowest BCUT2D eigenvalue weighted by atomic mass is 10.2. The van der Waals surface area contributed by atoms with Crippen molar-refractivity contribution in [1.29, 1.82) is 0 Å². The zero-order chi connectivity index (χ0) is 11.5.